The van der Waals surface area contributed by atoms with Crippen molar-refractivity contribution in [2.75, 3.05) is 20.8 Å². The smallest absolute Gasteiger partial charge is 0.255 e. The van der Waals surface area contributed by atoms with Crippen LogP contribution in [-0.4, -0.2) is 46.5 Å². The highest BCUT2D eigenvalue weighted by molar-refractivity contribution is 5.95. The van der Waals surface area contributed by atoms with Crippen molar-refractivity contribution < 1.29 is 18.7 Å². The molecule has 1 unspecified atom stereocenters. The van der Waals surface area contributed by atoms with Crippen molar-refractivity contribution in [3.63, 3.8) is 0 Å². The molecule has 11 heteroatoms. The average molecular weight is 517 g/mol. The van der Waals surface area contributed by atoms with Gasteiger partial charge in [-0.25, -0.2) is 4.39 Å². The summed E-state index contributed by atoms with van der Waals surface area (Å²) >= 11 is 0. The van der Waals surface area contributed by atoms with E-state index in [4.69, 9.17) is 9.47 Å². The van der Waals surface area contributed by atoms with Crippen LogP contribution in [-0.2, 0) is 17.8 Å². The Balaban J connectivity index is 1.54. The minimum Gasteiger partial charge on any atom is -0.494 e. The van der Waals surface area contributed by atoms with Crippen molar-refractivity contribution in [2.24, 2.45) is 0 Å². The highest BCUT2D eigenvalue weighted by Crippen LogP contribution is 2.26. The second-order valence-corrected chi connectivity index (χ2v) is 8.35. The van der Waals surface area contributed by atoms with Gasteiger partial charge in [0.25, 0.3) is 11.5 Å². The maximum atomic E-state index is 14.7. The summed E-state index contributed by atoms with van der Waals surface area (Å²) in [5.74, 6) is -1.73. The van der Waals surface area contributed by atoms with Gasteiger partial charge in [-0.05, 0) is 29.8 Å². The maximum Gasteiger partial charge on any atom is 0.255 e. The minimum absolute atomic E-state index is 0.0217. The molecule has 1 amide bonds. The molecule has 4 aromatic rings. The van der Waals surface area contributed by atoms with E-state index < -0.39 is 17.6 Å². The standard InChI is InChI=1S/C27H25FN6O4/c1-37-16-21(22-8-6-17(12-30-22)15-34-10-4-3-5-24(34)35)26-20(14-32-33-26)27(36)31-13-19-18(11-29)7-9-23(38-2)25(19)28/h3-10,12,14,21H,13,15-16H2,1-2H3,(H,31,36)(H,32,33). The quantitative estimate of drug-likeness (QED) is 0.331. The number of halogens is 1. The summed E-state index contributed by atoms with van der Waals surface area (Å²) in [5.41, 5.74) is 2.07. The highest BCUT2D eigenvalue weighted by atomic mass is 19.1. The first-order valence-electron chi connectivity index (χ1n) is 11.6. The molecule has 0 aliphatic heterocycles. The van der Waals surface area contributed by atoms with E-state index in [0.29, 0.717) is 17.9 Å². The van der Waals surface area contributed by atoms with E-state index in [-0.39, 0.29) is 41.2 Å². The highest BCUT2D eigenvalue weighted by Gasteiger charge is 2.25. The topological polar surface area (TPSA) is 135 Å². The van der Waals surface area contributed by atoms with Crippen LogP contribution in [0.1, 0.15) is 44.4 Å². The molecule has 0 saturated heterocycles. The number of amides is 1. The van der Waals surface area contributed by atoms with E-state index in [0.717, 1.165) is 5.56 Å². The number of rotatable bonds is 10. The Morgan fingerprint density at radius 3 is 2.76 bits per heavy atom. The number of benzene rings is 1. The lowest BCUT2D eigenvalue weighted by molar-refractivity contribution is 0.0948. The van der Waals surface area contributed by atoms with E-state index in [1.807, 2.05) is 12.1 Å². The number of aromatic nitrogens is 4. The first-order chi connectivity index (χ1) is 18.5. The van der Waals surface area contributed by atoms with Gasteiger partial charge in [0.1, 0.15) is 0 Å². The van der Waals surface area contributed by atoms with Crippen LogP contribution in [0.2, 0.25) is 0 Å². The average Bonchev–Trinajstić information content (AvgIpc) is 3.42. The Labute approximate surface area is 217 Å². The van der Waals surface area contributed by atoms with E-state index in [2.05, 4.69) is 20.5 Å². The van der Waals surface area contributed by atoms with Gasteiger partial charge in [-0.1, -0.05) is 12.1 Å². The van der Waals surface area contributed by atoms with Crippen LogP contribution < -0.4 is 15.6 Å². The summed E-state index contributed by atoms with van der Waals surface area (Å²) in [6.45, 7) is 0.332. The normalized spacial score (nSPS) is 11.5. The predicted molar refractivity (Wildman–Crippen MR) is 135 cm³/mol. The number of H-pyrrole nitrogens is 1. The number of hydrogen-bond acceptors (Lipinski definition) is 7. The maximum absolute atomic E-state index is 14.7. The number of nitrogens with one attached hydrogen (secondary N) is 2. The summed E-state index contributed by atoms with van der Waals surface area (Å²) in [6, 6.07) is 13.3. The molecule has 3 aromatic heterocycles. The SMILES string of the molecule is COCC(c1ccc(Cn2ccccc2=O)cn1)c1n[nH]cc1C(=O)NCc1c(C#N)ccc(OC)c1F. The monoisotopic (exact) mass is 516 g/mol. The molecule has 10 nitrogen and oxygen atoms in total. The Morgan fingerprint density at radius 1 is 1.24 bits per heavy atom. The van der Waals surface area contributed by atoms with Crippen molar-refractivity contribution in [1.29, 1.82) is 5.26 Å². The minimum atomic E-state index is -0.710. The van der Waals surface area contributed by atoms with E-state index in [9.17, 15) is 19.2 Å². The molecule has 0 radical (unpaired) electrons. The molecule has 4 rings (SSSR count). The molecule has 3 heterocycles. The number of carbonyl (C=O) groups excluding carboxylic acids is 1. The van der Waals surface area contributed by atoms with E-state index >= 15 is 0 Å². The Morgan fingerprint density at radius 2 is 2.08 bits per heavy atom. The van der Waals surface area contributed by atoms with Gasteiger partial charge in [0.15, 0.2) is 11.6 Å². The lowest BCUT2D eigenvalue weighted by atomic mass is 9.97. The zero-order valence-corrected chi connectivity index (χ0v) is 20.8. The van der Waals surface area contributed by atoms with Crippen molar-refractivity contribution >= 4 is 5.91 Å². The molecule has 0 aliphatic carbocycles. The number of aromatic amines is 1. The molecule has 194 valence electrons. The van der Waals surface area contributed by atoms with Crippen LogP contribution in [0.5, 0.6) is 5.75 Å². The van der Waals surface area contributed by atoms with Gasteiger partial charge >= 0.3 is 0 Å². The number of hydrogen-bond donors (Lipinski definition) is 2. The third-order valence-corrected chi connectivity index (χ3v) is 6.01. The van der Waals surface area contributed by atoms with Crippen molar-refractivity contribution in [3.8, 4) is 11.8 Å². The Hall–Kier alpha value is -4.82. The van der Waals surface area contributed by atoms with Gasteiger partial charge in [0.05, 0.1) is 54.8 Å². The Kier molecular flexibility index (Phi) is 8.25. The molecule has 0 fully saturated rings. The molecule has 2 N–H and O–H groups in total. The molecule has 1 atom stereocenters. The summed E-state index contributed by atoms with van der Waals surface area (Å²) in [6.07, 6.45) is 4.81. The summed E-state index contributed by atoms with van der Waals surface area (Å²) < 4.78 is 26.7. The fraction of sp³-hybridized carbons (Fsp3) is 0.222. The van der Waals surface area contributed by atoms with Gasteiger partial charge < -0.3 is 19.4 Å². The van der Waals surface area contributed by atoms with Gasteiger partial charge in [0, 0.05) is 43.9 Å². The Bertz CT molecular complexity index is 1520. The first kappa shape index (κ1) is 26.2. The predicted octanol–water partition coefficient (Wildman–Crippen LogP) is 2.74. The van der Waals surface area contributed by atoms with Crippen LogP contribution in [0.15, 0.2) is 65.8 Å². The van der Waals surface area contributed by atoms with Gasteiger partial charge in [-0.15, -0.1) is 0 Å². The summed E-state index contributed by atoms with van der Waals surface area (Å²) in [4.78, 5) is 29.6. The third kappa shape index (κ3) is 5.61. The number of methoxy groups -OCH3 is 2. The van der Waals surface area contributed by atoms with Crippen LogP contribution in [0, 0.1) is 17.1 Å². The number of nitriles is 1. The lowest BCUT2D eigenvalue weighted by Crippen LogP contribution is -2.26. The van der Waals surface area contributed by atoms with E-state index in [1.165, 1.54) is 38.6 Å². The van der Waals surface area contributed by atoms with Crippen LogP contribution in [0.4, 0.5) is 4.39 Å². The van der Waals surface area contributed by atoms with Gasteiger partial charge in [0.2, 0.25) is 0 Å². The van der Waals surface area contributed by atoms with Gasteiger partial charge in [-0.2, -0.15) is 10.4 Å². The van der Waals surface area contributed by atoms with Crippen molar-refractivity contribution in [2.45, 2.75) is 19.0 Å². The van der Waals surface area contributed by atoms with Gasteiger partial charge in [-0.3, -0.25) is 19.7 Å². The molecular weight excluding hydrogens is 491 g/mol. The third-order valence-electron chi connectivity index (χ3n) is 6.01. The second kappa shape index (κ2) is 11.9. The second-order valence-electron chi connectivity index (χ2n) is 8.35. The number of carbonyl (C=O) groups is 1. The molecule has 0 saturated carbocycles. The number of pyridine rings is 2. The lowest BCUT2D eigenvalue weighted by Gasteiger charge is -2.16. The molecule has 1 aromatic carbocycles. The first-order valence-corrected chi connectivity index (χ1v) is 11.6. The van der Waals surface area contributed by atoms with Crippen molar-refractivity contribution in [3.05, 3.63) is 111 Å². The largest absolute Gasteiger partial charge is 0.494 e. The number of ether oxygens (including phenoxy) is 2. The molecule has 0 bridgehead atoms. The van der Waals surface area contributed by atoms with Crippen LogP contribution in [0.3, 0.4) is 0 Å². The summed E-state index contributed by atoms with van der Waals surface area (Å²) in [7, 11) is 2.85. The van der Waals surface area contributed by atoms with Crippen LogP contribution >= 0.6 is 0 Å². The molecule has 0 aliphatic rings. The molecule has 38 heavy (non-hydrogen) atoms. The van der Waals surface area contributed by atoms with Crippen molar-refractivity contribution in [1.82, 2.24) is 25.1 Å². The fourth-order valence-electron chi connectivity index (χ4n) is 4.04. The fourth-order valence-corrected chi connectivity index (χ4v) is 4.04. The summed E-state index contributed by atoms with van der Waals surface area (Å²) in [5, 5.41) is 19.0. The number of nitrogens with zero attached hydrogens (tertiary/aromatic N) is 4. The zero-order valence-electron chi connectivity index (χ0n) is 20.8. The van der Waals surface area contributed by atoms with E-state index in [1.54, 1.807) is 35.2 Å². The zero-order chi connectivity index (χ0) is 27.1. The van der Waals surface area contributed by atoms with Crippen LogP contribution in [0.25, 0.3) is 0 Å². The molecule has 0 spiro atoms. The molecular formula is C27H25FN6O4.